The number of ether oxygens (including phenoxy) is 1. The molecule has 0 radical (unpaired) electrons. The summed E-state index contributed by atoms with van der Waals surface area (Å²) in [6.45, 7) is 0.766. The van der Waals surface area contributed by atoms with Crippen molar-refractivity contribution in [3.8, 4) is 0 Å². The fourth-order valence-corrected chi connectivity index (χ4v) is 3.36. The Bertz CT molecular complexity index is 1100. The molecule has 2 N–H and O–H groups in total. The van der Waals surface area contributed by atoms with Gasteiger partial charge in [-0.1, -0.05) is 36.4 Å². The number of H-pyrrole nitrogens is 1. The summed E-state index contributed by atoms with van der Waals surface area (Å²) in [5, 5.41) is 4.63. The third-order valence-corrected chi connectivity index (χ3v) is 4.75. The van der Waals surface area contributed by atoms with Crippen molar-refractivity contribution in [3.63, 3.8) is 0 Å². The second-order valence-electron chi connectivity index (χ2n) is 6.54. The molecule has 2 heterocycles. The molecule has 138 valence electrons. The predicted molar refractivity (Wildman–Crippen MR) is 102 cm³/mol. The van der Waals surface area contributed by atoms with Crippen LogP contribution in [0.25, 0.3) is 10.8 Å². The van der Waals surface area contributed by atoms with Crippen molar-refractivity contribution >= 4 is 22.4 Å². The van der Waals surface area contributed by atoms with E-state index in [-0.39, 0.29) is 18.2 Å². The summed E-state index contributed by atoms with van der Waals surface area (Å²) in [6, 6.07) is 13.2. The quantitative estimate of drug-likeness (QED) is 0.741. The van der Waals surface area contributed by atoms with Gasteiger partial charge in [0.1, 0.15) is 5.56 Å². The SMILES string of the molecule is O=C(Nc1cccc2ccccc12)c1c[nH]c(=O)n(CC2CCCO2)c1=O. The molecule has 1 unspecified atom stereocenters. The average molecular weight is 365 g/mol. The van der Waals surface area contributed by atoms with Gasteiger partial charge in [-0.3, -0.25) is 14.2 Å². The number of carbonyl (C=O) groups is 1. The summed E-state index contributed by atoms with van der Waals surface area (Å²) in [7, 11) is 0. The summed E-state index contributed by atoms with van der Waals surface area (Å²) in [5.41, 5.74) is -0.667. The Kier molecular flexibility index (Phi) is 4.60. The molecule has 1 aromatic heterocycles. The smallest absolute Gasteiger partial charge is 0.328 e. The third kappa shape index (κ3) is 3.41. The Morgan fingerprint density at radius 2 is 2.00 bits per heavy atom. The van der Waals surface area contributed by atoms with Crippen molar-refractivity contribution < 1.29 is 9.53 Å². The number of hydrogen-bond donors (Lipinski definition) is 2. The lowest BCUT2D eigenvalue weighted by Crippen LogP contribution is -2.41. The van der Waals surface area contributed by atoms with E-state index in [2.05, 4.69) is 10.3 Å². The van der Waals surface area contributed by atoms with Gasteiger partial charge in [0.25, 0.3) is 11.5 Å². The highest BCUT2D eigenvalue weighted by molar-refractivity contribution is 6.08. The molecule has 1 fully saturated rings. The summed E-state index contributed by atoms with van der Waals surface area (Å²) in [6.07, 6.45) is 2.67. The second kappa shape index (κ2) is 7.20. The first-order valence-corrected chi connectivity index (χ1v) is 8.87. The maximum absolute atomic E-state index is 12.7. The zero-order valence-electron chi connectivity index (χ0n) is 14.6. The molecule has 7 nitrogen and oxygen atoms in total. The van der Waals surface area contributed by atoms with Gasteiger partial charge in [-0.25, -0.2) is 4.79 Å². The number of hydrogen-bond acceptors (Lipinski definition) is 4. The molecule has 0 saturated carbocycles. The molecule has 3 aromatic rings. The number of aromatic amines is 1. The predicted octanol–water partition coefficient (Wildman–Crippen LogP) is 2.12. The van der Waals surface area contributed by atoms with E-state index in [1.807, 2.05) is 36.4 Å². The minimum Gasteiger partial charge on any atom is -0.376 e. The lowest BCUT2D eigenvalue weighted by Gasteiger charge is -2.12. The van der Waals surface area contributed by atoms with Gasteiger partial charge in [0.05, 0.1) is 12.6 Å². The Hall–Kier alpha value is -3.19. The monoisotopic (exact) mass is 365 g/mol. The van der Waals surface area contributed by atoms with E-state index in [0.29, 0.717) is 12.3 Å². The highest BCUT2D eigenvalue weighted by Crippen LogP contribution is 2.23. The zero-order valence-corrected chi connectivity index (χ0v) is 14.6. The molecule has 27 heavy (non-hydrogen) atoms. The molecular weight excluding hydrogens is 346 g/mol. The van der Waals surface area contributed by atoms with Crippen molar-refractivity contribution in [1.82, 2.24) is 9.55 Å². The molecule has 1 atom stereocenters. The molecule has 1 aliphatic heterocycles. The van der Waals surface area contributed by atoms with Crippen molar-refractivity contribution in [2.75, 3.05) is 11.9 Å². The van der Waals surface area contributed by atoms with Crippen LogP contribution in [0.15, 0.2) is 58.3 Å². The van der Waals surface area contributed by atoms with E-state index in [1.54, 1.807) is 6.07 Å². The molecule has 0 spiro atoms. The van der Waals surface area contributed by atoms with Gasteiger partial charge in [-0.05, 0) is 24.3 Å². The first kappa shape index (κ1) is 17.2. The highest BCUT2D eigenvalue weighted by atomic mass is 16.5. The second-order valence-corrected chi connectivity index (χ2v) is 6.54. The van der Waals surface area contributed by atoms with Crippen molar-refractivity contribution in [1.29, 1.82) is 0 Å². The van der Waals surface area contributed by atoms with Crippen LogP contribution >= 0.6 is 0 Å². The van der Waals surface area contributed by atoms with E-state index in [0.717, 1.165) is 34.4 Å². The minimum absolute atomic E-state index is 0.111. The molecule has 2 aromatic carbocycles. The average Bonchev–Trinajstić information content (AvgIpc) is 3.18. The summed E-state index contributed by atoms with van der Waals surface area (Å²) < 4.78 is 6.53. The Morgan fingerprint density at radius 1 is 1.19 bits per heavy atom. The standard InChI is InChI=1S/C20H19N3O4/c24-18(22-17-9-3-6-13-5-1-2-8-15(13)17)16-11-21-20(26)23(19(16)25)12-14-7-4-10-27-14/h1-3,5-6,8-9,11,14H,4,7,10,12H2,(H,21,26)(H,22,24). The van der Waals surface area contributed by atoms with Crippen LogP contribution in [0.1, 0.15) is 23.2 Å². The van der Waals surface area contributed by atoms with E-state index in [4.69, 9.17) is 4.74 Å². The Morgan fingerprint density at radius 3 is 2.81 bits per heavy atom. The Labute approximate surface area is 154 Å². The number of benzene rings is 2. The van der Waals surface area contributed by atoms with E-state index >= 15 is 0 Å². The number of fused-ring (bicyclic) bond motifs is 1. The van der Waals surface area contributed by atoms with Gasteiger partial charge < -0.3 is 15.0 Å². The molecule has 0 aliphatic carbocycles. The van der Waals surface area contributed by atoms with Crippen LogP contribution < -0.4 is 16.6 Å². The summed E-state index contributed by atoms with van der Waals surface area (Å²) in [5.74, 6) is -0.561. The highest BCUT2D eigenvalue weighted by Gasteiger charge is 2.21. The molecule has 1 saturated heterocycles. The van der Waals surface area contributed by atoms with Crippen molar-refractivity contribution in [2.24, 2.45) is 0 Å². The third-order valence-electron chi connectivity index (χ3n) is 4.75. The van der Waals surface area contributed by atoms with Gasteiger partial charge in [0.15, 0.2) is 0 Å². The Balaban J connectivity index is 1.65. The van der Waals surface area contributed by atoms with Crippen molar-refractivity contribution in [3.05, 3.63) is 75.1 Å². The molecule has 4 rings (SSSR count). The van der Waals surface area contributed by atoms with E-state index in [1.165, 1.54) is 0 Å². The molecule has 1 aliphatic rings. The van der Waals surface area contributed by atoms with Crippen molar-refractivity contribution in [2.45, 2.75) is 25.5 Å². The van der Waals surface area contributed by atoms with Gasteiger partial charge in [0, 0.05) is 23.9 Å². The van der Waals surface area contributed by atoms with Crippen LogP contribution in [0, 0.1) is 0 Å². The number of nitrogens with zero attached hydrogens (tertiary/aromatic N) is 1. The van der Waals surface area contributed by atoms with Crippen LogP contribution in [-0.4, -0.2) is 28.2 Å². The van der Waals surface area contributed by atoms with Crippen LogP contribution in [0.3, 0.4) is 0 Å². The number of amides is 1. The fourth-order valence-electron chi connectivity index (χ4n) is 3.36. The van der Waals surface area contributed by atoms with Crippen LogP contribution in [0.5, 0.6) is 0 Å². The molecular formula is C20H19N3O4. The maximum Gasteiger partial charge on any atom is 0.328 e. The number of aromatic nitrogens is 2. The molecule has 0 bridgehead atoms. The van der Waals surface area contributed by atoms with Gasteiger partial charge in [-0.15, -0.1) is 0 Å². The zero-order chi connectivity index (χ0) is 18.8. The van der Waals surface area contributed by atoms with Gasteiger partial charge >= 0.3 is 5.69 Å². The molecule has 7 heteroatoms. The van der Waals surface area contributed by atoms with Gasteiger partial charge in [0.2, 0.25) is 0 Å². The number of anilines is 1. The first-order valence-electron chi connectivity index (χ1n) is 8.87. The first-order chi connectivity index (χ1) is 13.1. The normalized spacial score (nSPS) is 16.5. The summed E-state index contributed by atoms with van der Waals surface area (Å²) in [4.78, 5) is 39.9. The lowest BCUT2D eigenvalue weighted by molar-refractivity contribution is 0.0941. The number of nitrogens with one attached hydrogen (secondary N) is 2. The van der Waals surface area contributed by atoms with E-state index in [9.17, 15) is 14.4 Å². The maximum atomic E-state index is 12.7. The van der Waals surface area contributed by atoms with E-state index < -0.39 is 17.2 Å². The van der Waals surface area contributed by atoms with Crippen LogP contribution in [-0.2, 0) is 11.3 Å². The molecule has 1 amide bonds. The fraction of sp³-hybridized carbons (Fsp3) is 0.250. The van der Waals surface area contributed by atoms with Crippen LogP contribution in [0.2, 0.25) is 0 Å². The topological polar surface area (TPSA) is 93.2 Å². The largest absolute Gasteiger partial charge is 0.376 e. The minimum atomic E-state index is -0.619. The van der Waals surface area contributed by atoms with Crippen LogP contribution in [0.4, 0.5) is 5.69 Å². The number of carbonyl (C=O) groups excluding carboxylic acids is 1. The lowest BCUT2D eigenvalue weighted by atomic mass is 10.1. The van der Waals surface area contributed by atoms with Gasteiger partial charge in [-0.2, -0.15) is 0 Å². The summed E-state index contributed by atoms with van der Waals surface area (Å²) >= 11 is 0. The number of rotatable bonds is 4.